The summed E-state index contributed by atoms with van der Waals surface area (Å²) in [5.41, 5.74) is 3.30. The number of aryl methyl sites for hydroxylation is 2. The summed E-state index contributed by atoms with van der Waals surface area (Å²) in [4.78, 5) is 4.26. The number of ether oxygens (including phenoxy) is 1. The summed E-state index contributed by atoms with van der Waals surface area (Å²) < 4.78 is 5.71. The molecule has 0 atom stereocenters. The highest BCUT2D eigenvalue weighted by atomic mass is 16.5. The Labute approximate surface area is 112 Å². The van der Waals surface area contributed by atoms with E-state index in [-0.39, 0.29) is 0 Å². The molecule has 0 aliphatic heterocycles. The fourth-order valence-electron chi connectivity index (χ4n) is 1.81. The molecule has 2 rings (SSSR count). The molecule has 1 aromatic carbocycles. The van der Waals surface area contributed by atoms with Crippen LogP contribution in [0.4, 0.5) is 0 Å². The lowest BCUT2D eigenvalue weighted by atomic mass is 9.79. The van der Waals surface area contributed by atoms with Gasteiger partial charge in [0.05, 0.1) is 5.69 Å². The van der Waals surface area contributed by atoms with Crippen molar-refractivity contribution in [1.82, 2.24) is 4.98 Å². The van der Waals surface area contributed by atoms with E-state index < -0.39 is 7.12 Å². The third kappa shape index (κ3) is 3.33. The first-order chi connectivity index (χ1) is 9.08. The standard InChI is InChI=1S/C14H16BNO3/c1-10-4-3-7-16-13(10)9-19-14-6-5-12(15(17)18)8-11(14)2/h3-8,17-18H,9H2,1-2H3. The zero-order chi connectivity index (χ0) is 13.8. The molecule has 2 N–H and O–H groups in total. The van der Waals surface area contributed by atoms with E-state index in [9.17, 15) is 0 Å². The molecule has 1 heterocycles. The SMILES string of the molecule is Cc1cc(B(O)O)ccc1OCc1ncccc1C. The van der Waals surface area contributed by atoms with E-state index in [1.54, 1.807) is 24.4 Å². The van der Waals surface area contributed by atoms with E-state index in [0.717, 1.165) is 22.6 Å². The van der Waals surface area contributed by atoms with Crippen LogP contribution >= 0.6 is 0 Å². The minimum absolute atomic E-state index is 0.397. The Kier molecular flexibility index (Phi) is 4.19. The second-order valence-electron chi connectivity index (χ2n) is 4.45. The minimum atomic E-state index is -1.45. The van der Waals surface area contributed by atoms with Gasteiger partial charge >= 0.3 is 7.12 Å². The second kappa shape index (κ2) is 5.86. The summed E-state index contributed by atoms with van der Waals surface area (Å²) in [6.45, 7) is 4.25. The van der Waals surface area contributed by atoms with Crippen LogP contribution in [0.15, 0.2) is 36.5 Å². The molecule has 0 bridgehead atoms. The number of benzene rings is 1. The summed E-state index contributed by atoms with van der Waals surface area (Å²) in [5.74, 6) is 0.717. The van der Waals surface area contributed by atoms with Crippen LogP contribution in [0.5, 0.6) is 5.75 Å². The van der Waals surface area contributed by atoms with Crippen molar-refractivity contribution in [3.63, 3.8) is 0 Å². The Morgan fingerprint density at radius 2 is 1.95 bits per heavy atom. The van der Waals surface area contributed by atoms with Gasteiger partial charge in [-0.15, -0.1) is 0 Å². The number of pyridine rings is 1. The second-order valence-corrected chi connectivity index (χ2v) is 4.45. The van der Waals surface area contributed by atoms with Crippen LogP contribution in [-0.2, 0) is 6.61 Å². The Morgan fingerprint density at radius 3 is 2.58 bits per heavy atom. The molecule has 2 aromatic rings. The van der Waals surface area contributed by atoms with Crippen LogP contribution in [0.25, 0.3) is 0 Å². The highest BCUT2D eigenvalue weighted by Crippen LogP contribution is 2.17. The van der Waals surface area contributed by atoms with Crippen molar-refractivity contribution < 1.29 is 14.8 Å². The Morgan fingerprint density at radius 1 is 1.16 bits per heavy atom. The molecule has 19 heavy (non-hydrogen) atoms. The van der Waals surface area contributed by atoms with E-state index in [1.165, 1.54) is 0 Å². The number of rotatable bonds is 4. The molecule has 98 valence electrons. The molecular formula is C14H16BNO3. The zero-order valence-electron chi connectivity index (χ0n) is 11.0. The number of aromatic nitrogens is 1. The monoisotopic (exact) mass is 257 g/mol. The molecule has 0 aliphatic carbocycles. The van der Waals surface area contributed by atoms with Gasteiger partial charge in [-0.25, -0.2) is 0 Å². The van der Waals surface area contributed by atoms with Crippen molar-refractivity contribution in [3.8, 4) is 5.75 Å². The van der Waals surface area contributed by atoms with E-state index in [4.69, 9.17) is 14.8 Å². The molecule has 0 spiro atoms. The fourth-order valence-corrected chi connectivity index (χ4v) is 1.81. The maximum Gasteiger partial charge on any atom is 0.488 e. The number of hydrogen-bond acceptors (Lipinski definition) is 4. The van der Waals surface area contributed by atoms with Gasteiger partial charge in [0.15, 0.2) is 0 Å². The normalized spacial score (nSPS) is 10.3. The molecule has 0 aliphatic rings. The highest BCUT2D eigenvalue weighted by molar-refractivity contribution is 6.58. The van der Waals surface area contributed by atoms with Crippen molar-refractivity contribution in [2.24, 2.45) is 0 Å². The van der Waals surface area contributed by atoms with Gasteiger partial charge in [-0.05, 0) is 42.6 Å². The summed E-state index contributed by atoms with van der Waals surface area (Å²) in [7, 11) is -1.45. The van der Waals surface area contributed by atoms with Crippen LogP contribution in [0.1, 0.15) is 16.8 Å². The first-order valence-electron chi connectivity index (χ1n) is 6.08. The van der Waals surface area contributed by atoms with Crippen LogP contribution < -0.4 is 10.2 Å². The minimum Gasteiger partial charge on any atom is -0.487 e. The third-order valence-corrected chi connectivity index (χ3v) is 2.98. The summed E-state index contributed by atoms with van der Waals surface area (Å²) in [6, 6.07) is 8.96. The van der Waals surface area contributed by atoms with Crippen molar-refractivity contribution in [1.29, 1.82) is 0 Å². The van der Waals surface area contributed by atoms with Crippen LogP contribution in [0.3, 0.4) is 0 Å². The van der Waals surface area contributed by atoms with Crippen LogP contribution in [0, 0.1) is 13.8 Å². The van der Waals surface area contributed by atoms with E-state index in [0.29, 0.717) is 12.1 Å². The van der Waals surface area contributed by atoms with Crippen LogP contribution in [0.2, 0.25) is 0 Å². The van der Waals surface area contributed by atoms with Gasteiger partial charge in [0.1, 0.15) is 12.4 Å². The van der Waals surface area contributed by atoms with Gasteiger partial charge in [-0.2, -0.15) is 0 Å². The predicted octanol–water partition coefficient (Wildman–Crippen LogP) is 0.957. The first-order valence-corrected chi connectivity index (χ1v) is 6.08. The van der Waals surface area contributed by atoms with Gasteiger partial charge in [-0.3, -0.25) is 4.98 Å². The van der Waals surface area contributed by atoms with Crippen molar-refractivity contribution in [2.45, 2.75) is 20.5 Å². The van der Waals surface area contributed by atoms with Gasteiger partial charge in [0.25, 0.3) is 0 Å². The molecule has 1 aromatic heterocycles. The van der Waals surface area contributed by atoms with E-state index >= 15 is 0 Å². The molecular weight excluding hydrogens is 241 g/mol. The summed E-state index contributed by atoms with van der Waals surface area (Å²) in [5, 5.41) is 18.2. The Bertz CT molecular complexity index is 572. The highest BCUT2D eigenvalue weighted by Gasteiger charge is 2.12. The molecule has 0 amide bonds. The molecule has 4 nitrogen and oxygen atoms in total. The lowest BCUT2D eigenvalue weighted by molar-refractivity contribution is 0.298. The predicted molar refractivity (Wildman–Crippen MR) is 74.3 cm³/mol. The number of hydrogen-bond donors (Lipinski definition) is 2. The maximum absolute atomic E-state index is 9.09. The average molecular weight is 257 g/mol. The van der Waals surface area contributed by atoms with Crippen molar-refractivity contribution in [3.05, 3.63) is 53.3 Å². The van der Waals surface area contributed by atoms with Crippen LogP contribution in [-0.4, -0.2) is 22.2 Å². The first kappa shape index (κ1) is 13.6. The molecule has 0 unspecified atom stereocenters. The molecule has 0 radical (unpaired) electrons. The van der Waals surface area contributed by atoms with E-state index in [2.05, 4.69) is 4.98 Å². The van der Waals surface area contributed by atoms with Gasteiger partial charge in [0.2, 0.25) is 0 Å². The topological polar surface area (TPSA) is 62.6 Å². The fraction of sp³-hybridized carbons (Fsp3) is 0.214. The molecule has 0 fully saturated rings. The van der Waals surface area contributed by atoms with Crippen molar-refractivity contribution >= 4 is 12.6 Å². The van der Waals surface area contributed by atoms with E-state index in [1.807, 2.05) is 26.0 Å². The maximum atomic E-state index is 9.09. The lowest BCUT2D eigenvalue weighted by Gasteiger charge is -2.11. The van der Waals surface area contributed by atoms with Gasteiger partial charge in [-0.1, -0.05) is 18.2 Å². The quantitative estimate of drug-likeness (QED) is 0.801. The summed E-state index contributed by atoms with van der Waals surface area (Å²) in [6.07, 6.45) is 1.74. The zero-order valence-corrected chi connectivity index (χ0v) is 11.0. The Hall–Kier alpha value is -1.85. The van der Waals surface area contributed by atoms with Gasteiger partial charge < -0.3 is 14.8 Å². The van der Waals surface area contributed by atoms with Crippen molar-refractivity contribution in [2.75, 3.05) is 0 Å². The average Bonchev–Trinajstić information content (AvgIpc) is 2.39. The largest absolute Gasteiger partial charge is 0.488 e. The summed E-state index contributed by atoms with van der Waals surface area (Å²) >= 11 is 0. The third-order valence-electron chi connectivity index (χ3n) is 2.98. The molecule has 0 saturated carbocycles. The lowest BCUT2D eigenvalue weighted by Crippen LogP contribution is -2.29. The van der Waals surface area contributed by atoms with Gasteiger partial charge in [0, 0.05) is 6.20 Å². The smallest absolute Gasteiger partial charge is 0.487 e. The molecule has 5 heteroatoms. The Balaban J connectivity index is 2.10. The molecule has 0 saturated heterocycles. The number of nitrogens with zero attached hydrogens (tertiary/aromatic N) is 1.